The molecule has 0 spiro atoms. The van der Waals surface area contributed by atoms with E-state index in [9.17, 15) is 22.4 Å². The molecule has 0 saturated carbocycles. The highest BCUT2D eigenvalue weighted by Gasteiger charge is 2.34. The van der Waals surface area contributed by atoms with Crippen molar-refractivity contribution >= 4 is 11.6 Å². The monoisotopic (exact) mass is 394 g/mol. The molecular formula is C19H18F4N4O. The summed E-state index contributed by atoms with van der Waals surface area (Å²) in [5.41, 5.74) is -0.0273. The number of fused-ring (bicyclic) bond motifs is 1. The molecule has 0 bridgehead atoms. The van der Waals surface area contributed by atoms with Crippen LogP contribution in [0.3, 0.4) is 0 Å². The summed E-state index contributed by atoms with van der Waals surface area (Å²) >= 11 is 0. The maximum absolute atomic E-state index is 12.8. The second-order valence-corrected chi connectivity index (χ2v) is 6.16. The van der Waals surface area contributed by atoms with Crippen LogP contribution in [0.25, 0.3) is 5.65 Å². The molecule has 0 aliphatic carbocycles. The van der Waals surface area contributed by atoms with Crippen LogP contribution in [0.15, 0.2) is 48.8 Å². The van der Waals surface area contributed by atoms with Crippen molar-refractivity contribution in [3.8, 4) is 0 Å². The number of nitrogens with one attached hydrogen (secondary N) is 2. The van der Waals surface area contributed by atoms with E-state index in [-0.39, 0.29) is 17.0 Å². The van der Waals surface area contributed by atoms with E-state index in [0.29, 0.717) is 26.1 Å². The number of aromatic nitrogens is 2. The Morgan fingerprint density at radius 2 is 1.82 bits per heavy atom. The Morgan fingerprint density at radius 1 is 1.07 bits per heavy atom. The summed E-state index contributed by atoms with van der Waals surface area (Å²) in [5.74, 6) is -0.778. The quantitative estimate of drug-likeness (QED) is 0.478. The molecule has 2 aromatic heterocycles. The number of nitrogens with zero attached hydrogens (tertiary/aromatic N) is 2. The van der Waals surface area contributed by atoms with Crippen molar-refractivity contribution in [1.29, 1.82) is 0 Å². The number of alkyl halides is 3. The Balaban J connectivity index is 1.49. The van der Waals surface area contributed by atoms with Crippen LogP contribution >= 0.6 is 0 Å². The highest BCUT2D eigenvalue weighted by molar-refractivity contribution is 5.99. The summed E-state index contributed by atoms with van der Waals surface area (Å²) in [4.78, 5) is 15.8. The van der Waals surface area contributed by atoms with Crippen LogP contribution in [0.5, 0.6) is 0 Å². The topological polar surface area (TPSA) is 58.4 Å². The number of rotatable bonds is 7. The Kier molecular flexibility index (Phi) is 5.93. The van der Waals surface area contributed by atoms with Gasteiger partial charge in [0.15, 0.2) is 5.69 Å². The maximum Gasteiger partial charge on any atom is 0.434 e. The zero-order valence-electron chi connectivity index (χ0n) is 14.8. The van der Waals surface area contributed by atoms with Gasteiger partial charge in [0.25, 0.3) is 5.91 Å². The molecule has 3 aromatic rings. The van der Waals surface area contributed by atoms with E-state index >= 15 is 0 Å². The van der Waals surface area contributed by atoms with E-state index in [4.69, 9.17) is 0 Å². The number of hydrogen-bond donors (Lipinski definition) is 2. The summed E-state index contributed by atoms with van der Waals surface area (Å²) < 4.78 is 52.5. The Bertz CT molecular complexity index is 951. The van der Waals surface area contributed by atoms with E-state index in [2.05, 4.69) is 15.6 Å². The van der Waals surface area contributed by atoms with Crippen LogP contribution in [0, 0.1) is 5.82 Å². The molecule has 28 heavy (non-hydrogen) atoms. The maximum atomic E-state index is 12.8. The van der Waals surface area contributed by atoms with Gasteiger partial charge in [0.05, 0.1) is 5.56 Å². The fraction of sp³-hybridized carbons (Fsp3) is 0.263. The molecule has 9 heteroatoms. The molecule has 1 amide bonds. The van der Waals surface area contributed by atoms with Crippen LogP contribution in [0.2, 0.25) is 0 Å². The molecule has 0 aliphatic heterocycles. The van der Waals surface area contributed by atoms with E-state index in [1.54, 1.807) is 12.1 Å². The van der Waals surface area contributed by atoms with Gasteiger partial charge in [-0.2, -0.15) is 13.2 Å². The lowest BCUT2D eigenvalue weighted by Crippen LogP contribution is -2.32. The van der Waals surface area contributed by atoms with Gasteiger partial charge >= 0.3 is 6.18 Å². The SMILES string of the molecule is O=C(NCCNCCc1ccc(F)cc1)c1cccn2cc(C(F)(F)F)nc12. The first kappa shape index (κ1) is 19.8. The van der Waals surface area contributed by atoms with Crippen LogP contribution in [-0.4, -0.2) is 34.9 Å². The van der Waals surface area contributed by atoms with Crippen molar-refractivity contribution in [2.75, 3.05) is 19.6 Å². The predicted molar refractivity (Wildman–Crippen MR) is 95.5 cm³/mol. The number of carbonyl (C=O) groups is 1. The third-order valence-corrected chi connectivity index (χ3v) is 4.11. The van der Waals surface area contributed by atoms with Crippen molar-refractivity contribution in [3.63, 3.8) is 0 Å². The fourth-order valence-electron chi connectivity index (χ4n) is 2.70. The smallest absolute Gasteiger partial charge is 0.351 e. The van der Waals surface area contributed by atoms with Crippen molar-refractivity contribution in [3.05, 3.63) is 71.4 Å². The summed E-state index contributed by atoms with van der Waals surface area (Å²) in [6.07, 6.45) is -1.61. The van der Waals surface area contributed by atoms with Crippen molar-refractivity contribution < 1.29 is 22.4 Å². The minimum atomic E-state index is -4.58. The second-order valence-electron chi connectivity index (χ2n) is 6.16. The molecule has 5 nitrogen and oxygen atoms in total. The molecule has 0 atom stereocenters. The Hall–Kier alpha value is -2.94. The van der Waals surface area contributed by atoms with Crippen LogP contribution in [-0.2, 0) is 12.6 Å². The third-order valence-electron chi connectivity index (χ3n) is 4.11. The molecule has 0 saturated heterocycles. The van der Waals surface area contributed by atoms with Gasteiger partial charge in [-0.15, -0.1) is 0 Å². The average molecular weight is 394 g/mol. The highest BCUT2D eigenvalue weighted by atomic mass is 19.4. The molecule has 2 heterocycles. The van der Waals surface area contributed by atoms with Crippen LogP contribution in [0.4, 0.5) is 17.6 Å². The van der Waals surface area contributed by atoms with Gasteiger partial charge in [0.1, 0.15) is 11.5 Å². The number of halogens is 4. The van der Waals surface area contributed by atoms with Gasteiger partial charge in [-0.3, -0.25) is 4.79 Å². The van der Waals surface area contributed by atoms with Gasteiger partial charge in [-0.1, -0.05) is 12.1 Å². The molecule has 0 unspecified atom stereocenters. The van der Waals surface area contributed by atoms with Crippen molar-refractivity contribution in [2.24, 2.45) is 0 Å². The first-order valence-corrected chi connectivity index (χ1v) is 8.63. The minimum Gasteiger partial charge on any atom is -0.351 e. The zero-order valence-corrected chi connectivity index (χ0v) is 14.8. The predicted octanol–water partition coefficient (Wildman–Crippen LogP) is 3.05. The molecule has 2 N–H and O–H groups in total. The molecular weight excluding hydrogens is 376 g/mol. The fourth-order valence-corrected chi connectivity index (χ4v) is 2.70. The number of pyridine rings is 1. The number of imidazole rings is 1. The minimum absolute atomic E-state index is 0.0448. The average Bonchev–Trinajstić information content (AvgIpc) is 3.10. The van der Waals surface area contributed by atoms with Gasteiger partial charge in [-0.25, -0.2) is 9.37 Å². The lowest BCUT2D eigenvalue weighted by Gasteiger charge is -2.08. The Labute approximate surface area is 158 Å². The summed E-state index contributed by atoms with van der Waals surface area (Å²) in [6, 6.07) is 9.13. The Morgan fingerprint density at radius 3 is 2.54 bits per heavy atom. The number of amides is 1. The van der Waals surface area contributed by atoms with Crippen molar-refractivity contribution in [2.45, 2.75) is 12.6 Å². The van der Waals surface area contributed by atoms with E-state index in [1.807, 2.05) is 0 Å². The molecule has 1 aromatic carbocycles. The van der Waals surface area contributed by atoms with Gasteiger partial charge in [0.2, 0.25) is 0 Å². The second kappa shape index (κ2) is 8.39. The third kappa shape index (κ3) is 4.86. The summed E-state index contributed by atoms with van der Waals surface area (Å²) in [7, 11) is 0. The van der Waals surface area contributed by atoms with Gasteiger partial charge < -0.3 is 15.0 Å². The molecule has 0 fully saturated rings. The van der Waals surface area contributed by atoms with Gasteiger partial charge in [0, 0.05) is 25.5 Å². The lowest BCUT2D eigenvalue weighted by molar-refractivity contribution is -0.140. The first-order valence-electron chi connectivity index (χ1n) is 8.63. The molecule has 0 aliphatic rings. The summed E-state index contributed by atoms with van der Waals surface area (Å²) in [6.45, 7) is 1.43. The van der Waals surface area contributed by atoms with Crippen molar-refractivity contribution in [1.82, 2.24) is 20.0 Å². The number of benzene rings is 1. The van der Waals surface area contributed by atoms with Gasteiger partial charge in [-0.05, 0) is 42.8 Å². The number of hydrogen-bond acceptors (Lipinski definition) is 3. The van der Waals surface area contributed by atoms with E-state index < -0.39 is 17.8 Å². The normalized spacial score (nSPS) is 11.7. The molecule has 3 rings (SSSR count). The van der Waals surface area contributed by atoms with E-state index in [1.165, 1.54) is 34.9 Å². The zero-order chi connectivity index (χ0) is 20.1. The number of carbonyl (C=O) groups excluding carboxylic acids is 1. The molecule has 148 valence electrons. The standard InChI is InChI=1S/C19H18F4N4O/c20-14-5-3-13(4-6-14)7-8-24-9-10-25-18(28)15-2-1-11-27-12-16(19(21,22)23)26-17(15)27/h1-6,11-12,24H,7-10H2,(H,25,28). The van der Waals surface area contributed by atoms with Crippen LogP contribution in [0.1, 0.15) is 21.6 Å². The lowest BCUT2D eigenvalue weighted by atomic mass is 10.1. The largest absolute Gasteiger partial charge is 0.434 e. The summed E-state index contributed by atoms with van der Waals surface area (Å²) in [5, 5.41) is 5.80. The highest BCUT2D eigenvalue weighted by Crippen LogP contribution is 2.29. The van der Waals surface area contributed by atoms with Crippen LogP contribution < -0.4 is 10.6 Å². The van der Waals surface area contributed by atoms with E-state index in [0.717, 1.165) is 11.8 Å². The molecule has 0 radical (unpaired) electrons. The first-order chi connectivity index (χ1) is 13.3.